The van der Waals surface area contributed by atoms with E-state index in [0.717, 1.165) is 48.8 Å². The first-order valence-electron chi connectivity index (χ1n) is 10.2. The van der Waals surface area contributed by atoms with Crippen LogP contribution in [0.1, 0.15) is 37.4 Å². The fourth-order valence-corrected chi connectivity index (χ4v) is 5.18. The van der Waals surface area contributed by atoms with Gasteiger partial charge in [0, 0.05) is 41.1 Å². The summed E-state index contributed by atoms with van der Waals surface area (Å²) in [5.41, 5.74) is 1.51. The summed E-state index contributed by atoms with van der Waals surface area (Å²) in [6.07, 6.45) is 12.3. The van der Waals surface area contributed by atoms with Crippen LogP contribution in [-0.2, 0) is 4.74 Å². The van der Waals surface area contributed by atoms with Crippen molar-refractivity contribution in [2.24, 2.45) is 11.8 Å². The molecule has 3 aliphatic rings. The molecule has 6 heteroatoms. The molecule has 3 N–H and O–H groups in total. The zero-order chi connectivity index (χ0) is 19.5. The van der Waals surface area contributed by atoms with Crippen LogP contribution in [0.15, 0.2) is 40.9 Å². The van der Waals surface area contributed by atoms with Crippen molar-refractivity contribution in [2.45, 2.75) is 43.9 Å². The van der Waals surface area contributed by atoms with E-state index in [1.54, 1.807) is 0 Å². The van der Waals surface area contributed by atoms with Gasteiger partial charge in [0.1, 0.15) is 5.82 Å². The van der Waals surface area contributed by atoms with Gasteiger partial charge < -0.3 is 20.5 Å². The summed E-state index contributed by atoms with van der Waals surface area (Å²) in [6, 6.07) is 3.69. The van der Waals surface area contributed by atoms with Gasteiger partial charge in [-0.1, -0.05) is 40.2 Å². The molecule has 1 saturated heterocycles. The van der Waals surface area contributed by atoms with Crippen LogP contribution >= 0.6 is 15.9 Å². The fourth-order valence-electron chi connectivity index (χ4n) is 4.73. The average Bonchev–Trinajstić information content (AvgIpc) is 2.71. The number of hydrogen-bond acceptors (Lipinski definition) is 4. The molecule has 1 aliphatic carbocycles. The van der Waals surface area contributed by atoms with Crippen LogP contribution in [0.2, 0.25) is 0 Å². The highest BCUT2D eigenvalue weighted by Crippen LogP contribution is 2.49. The number of anilines is 1. The minimum absolute atomic E-state index is 0.106. The lowest BCUT2D eigenvalue weighted by molar-refractivity contribution is -0.0941. The Morgan fingerprint density at radius 1 is 1.29 bits per heavy atom. The van der Waals surface area contributed by atoms with Gasteiger partial charge in [-0.2, -0.15) is 0 Å². The second-order valence-electron chi connectivity index (χ2n) is 7.94. The third-order valence-electron chi connectivity index (χ3n) is 6.07. The molecule has 5 atom stereocenters. The van der Waals surface area contributed by atoms with Gasteiger partial charge in [0.05, 0.1) is 17.9 Å². The highest BCUT2D eigenvalue weighted by Gasteiger charge is 2.44. The van der Waals surface area contributed by atoms with Crippen LogP contribution in [0.5, 0.6) is 0 Å². The average molecular weight is 451 g/mol. The molecule has 1 aromatic carbocycles. The van der Waals surface area contributed by atoms with E-state index in [0.29, 0.717) is 17.5 Å². The monoisotopic (exact) mass is 450 g/mol. The Balaban J connectivity index is 1.58. The number of aliphatic hydroxyl groups excluding tert-OH is 1. The van der Waals surface area contributed by atoms with Crippen molar-refractivity contribution in [1.29, 1.82) is 0 Å². The molecule has 2 aliphatic heterocycles. The lowest BCUT2D eigenvalue weighted by atomic mass is 9.73. The van der Waals surface area contributed by atoms with Crippen molar-refractivity contribution in [2.75, 3.05) is 25.0 Å². The SMILES string of the molecule is OCCCNC[C@H]1CC[C@@H]2[C@H](O1)c1cc(Br)cc(F)c1N[C@H]2C1C=CC=CC1. The predicted molar refractivity (Wildman–Crippen MR) is 113 cm³/mol. The highest BCUT2D eigenvalue weighted by atomic mass is 79.9. The standard InChI is InChI=1S/C22H28BrFN2O2/c23-15-11-18-21(19(24)12-15)26-20(14-5-2-1-3-6-14)17-8-7-16(28-22(17)18)13-25-9-4-10-27/h1-3,5,11-12,14,16-17,20,22,25-27H,4,6-10,13H2/t14?,16-,17+,20+,22+/m1/s1. The Hall–Kier alpha value is -1.21. The number of aliphatic hydroxyl groups is 1. The summed E-state index contributed by atoms with van der Waals surface area (Å²) in [5, 5.41) is 15.8. The number of nitrogens with one attached hydrogen (secondary N) is 2. The van der Waals surface area contributed by atoms with Crippen molar-refractivity contribution in [1.82, 2.24) is 5.32 Å². The molecule has 4 rings (SSSR count). The summed E-state index contributed by atoms with van der Waals surface area (Å²) < 4.78 is 22.1. The molecular formula is C22H28BrFN2O2. The first-order chi connectivity index (χ1) is 13.7. The number of rotatable bonds is 6. The summed E-state index contributed by atoms with van der Waals surface area (Å²) in [7, 11) is 0. The molecule has 4 nitrogen and oxygen atoms in total. The first kappa shape index (κ1) is 20.1. The quantitative estimate of drug-likeness (QED) is 0.564. The summed E-state index contributed by atoms with van der Waals surface area (Å²) in [4.78, 5) is 0. The number of allylic oxidation sites excluding steroid dienone is 3. The second kappa shape index (κ2) is 9.08. The third-order valence-corrected chi connectivity index (χ3v) is 6.53. The van der Waals surface area contributed by atoms with E-state index in [-0.39, 0.29) is 30.7 Å². The lowest BCUT2D eigenvalue weighted by Gasteiger charge is -2.47. The van der Waals surface area contributed by atoms with Crippen LogP contribution in [0.25, 0.3) is 0 Å². The minimum atomic E-state index is -0.227. The van der Waals surface area contributed by atoms with Crippen LogP contribution < -0.4 is 10.6 Å². The van der Waals surface area contributed by atoms with E-state index >= 15 is 0 Å². The smallest absolute Gasteiger partial charge is 0.147 e. The van der Waals surface area contributed by atoms with E-state index in [9.17, 15) is 4.39 Å². The fraction of sp³-hybridized carbons (Fsp3) is 0.545. The van der Waals surface area contributed by atoms with Gasteiger partial charge in [0.25, 0.3) is 0 Å². The molecule has 0 radical (unpaired) electrons. The Kier molecular flexibility index (Phi) is 6.51. The van der Waals surface area contributed by atoms with Crippen LogP contribution in [0.4, 0.5) is 10.1 Å². The lowest BCUT2D eigenvalue weighted by Crippen LogP contribution is -2.48. The van der Waals surface area contributed by atoms with E-state index in [4.69, 9.17) is 9.84 Å². The van der Waals surface area contributed by atoms with E-state index in [2.05, 4.69) is 50.9 Å². The molecule has 0 bridgehead atoms. The summed E-state index contributed by atoms with van der Waals surface area (Å²) >= 11 is 3.44. The number of halogens is 2. The number of fused-ring (bicyclic) bond motifs is 3. The molecule has 1 fully saturated rings. The normalized spacial score (nSPS) is 31.2. The Bertz CT molecular complexity index is 754. The van der Waals surface area contributed by atoms with Gasteiger partial charge in [0.15, 0.2) is 0 Å². The van der Waals surface area contributed by atoms with E-state index in [1.807, 2.05) is 6.07 Å². The molecule has 2 heterocycles. The van der Waals surface area contributed by atoms with Crippen molar-refractivity contribution >= 4 is 21.6 Å². The van der Waals surface area contributed by atoms with Gasteiger partial charge in [-0.25, -0.2) is 4.39 Å². The van der Waals surface area contributed by atoms with Crippen molar-refractivity contribution in [3.63, 3.8) is 0 Å². The van der Waals surface area contributed by atoms with E-state index in [1.165, 1.54) is 6.07 Å². The molecule has 1 aromatic rings. The highest BCUT2D eigenvalue weighted by molar-refractivity contribution is 9.10. The van der Waals surface area contributed by atoms with Gasteiger partial charge in [-0.3, -0.25) is 0 Å². The maximum atomic E-state index is 14.8. The largest absolute Gasteiger partial charge is 0.396 e. The molecule has 152 valence electrons. The maximum absolute atomic E-state index is 14.8. The molecule has 0 spiro atoms. The zero-order valence-corrected chi connectivity index (χ0v) is 17.5. The Morgan fingerprint density at radius 2 is 2.18 bits per heavy atom. The minimum Gasteiger partial charge on any atom is -0.396 e. The third kappa shape index (κ3) is 4.20. The summed E-state index contributed by atoms with van der Waals surface area (Å²) in [6.45, 7) is 1.74. The van der Waals surface area contributed by atoms with Crippen LogP contribution in [-0.4, -0.2) is 36.9 Å². The summed E-state index contributed by atoms with van der Waals surface area (Å²) in [5.74, 6) is 0.433. The van der Waals surface area contributed by atoms with Crippen molar-refractivity contribution in [3.8, 4) is 0 Å². The molecule has 1 unspecified atom stereocenters. The Labute approximate surface area is 174 Å². The first-order valence-corrected chi connectivity index (χ1v) is 11.0. The topological polar surface area (TPSA) is 53.5 Å². The van der Waals surface area contributed by atoms with Crippen molar-refractivity contribution < 1.29 is 14.2 Å². The molecule has 0 saturated carbocycles. The van der Waals surface area contributed by atoms with Gasteiger partial charge >= 0.3 is 0 Å². The zero-order valence-electron chi connectivity index (χ0n) is 15.9. The maximum Gasteiger partial charge on any atom is 0.147 e. The molecule has 0 aromatic heterocycles. The van der Waals surface area contributed by atoms with Crippen LogP contribution in [0.3, 0.4) is 0 Å². The molecule has 0 amide bonds. The van der Waals surface area contributed by atoms with Gasteiger partial charge in [-0.15, -0.1) is 0 Å². The number of ether oxygens (including phenoxy) is 1. The Morgan fingerprint density at radius 3 is 2.96 bits per heavy atom. The molecule has 28 heavy (non-hydrogen) atoms. The number of hydrogen-bond donors (Lipinski definition) is 3. The van der Waals surface area contributed by atoms with Gasteiger partial charge in [0.2, 0.25) is 0 Å². The van der Waals surface area contributed by atoms with Crippen LogP contribution in [0, 0.1) is 17.7 Å². The van der Waals surface area contributed by atoms with Crippen molar-refractivity contribution in [3.05, 3.63) is 52.3 Å². The van der Waals surface area contributed by atoms with E-state index < -0.39 is 0 Å². The molecular weight excluding hydrogens is 423 g/mol. The predicted octanol–water partition coefficient (Wildman–Crippen LogP) is 4.32. The number of benzene rings is 1. The second-order valence-corrected chi connectivity index (χ2v) is 8.85. The van der Waals surface area contributed by atoms with Gasteiger partial charge in [-0.05, 0) is 44.4 Å².